The molecule has 0 bridgehead atoms. The molecular weight excluding hydrogens is 404 g/mol. The lowest BCUT2D eigenvalue weighted by molar-refractivity contribution is 0.432. The molecule has 1 unspecified atom stereocenters. The minimum atomic E-state index is -0.481. The number of fused-ring (bicyclic) bond motifs is 3. The molecule has 5 aromatic rings. The molecule has 2 aromatic carbocycles. The van der Waals surface area contributed by atoms with E-state index in [0.717, 1.165) is 0 Å². The van der Waals surface area contributed by atoms with Crippen molar-refractivity contribution in [3.8, 4) is 23.0 Å². The van der Waals surface area contributed by atoms with Crippen molar-refractivity contribution in [3.05, 3.63) is 70.8 Å². The standard InChI is InChI=1S/C22H17F2N5O2/c1-3-12(2)29-18-15(24)5-4-6-16(18)28-11-25-17(19(28)22(29)30)20-26-21(31-27-20)13-7-9-14(23)10-8-13/h4-12H,3H2,1-2H3. The summed E-state index contributed by atoms with van der Waals surface area (Å²) in [5, 5.41) is 3.96. The van der Waals surface area contributed by atoms with Gasteiger partial charge in [-0.1, -0.05) is 18.1 Å². The first-order valence-electron chi connectivity index (χ1n) is 9.79. The van der Waals surface area contributed by atoms with Crippen molar-refractivity contribution in [3.63, 3.8) is 0 Å². The maximum Gasteiger partial charge on any atom is 0.278 e. The van der Waals surface area contributed by atoms with Gasteiger partial charge in [0.05, 0.1) is 5.52 Å². The number of imidazole rings is 1. The van der Waals surface area contributed by atoms with Crippen LogP contribution >= 0.6 is 0 Å². The molecule has 1 atom stereocenters. The van der Waals surface area contributed by atoms with Gasteiger partial charge >= 0.3 is 0 Å². The maximum atomic E-state index is 14.7. The molecule has 156 valence electrons. The number of aromatic nitrogens is 5. The number of hydrogen-bond acceptors (Lipinski definition) is 5. The Bertz CT molecular complexity index is 1480. The summed E-state index contributed by atoms with van der Waals surface area (Å²) >= 11 is 0. The molecule has 0 aliphatic rings. The average Bonchev–Trinajstić information content (AvgIpc) is 3.42. The molecule has 7 nitrogen and oxygen atoms in total. The summed E-state index contributed by atoms with van der Waals surface area (Å²) in [5.74, 6) is -0.575. The van der Waals surface area contributed by atoms with Crippen LogP contribution in [0.1, 0.15) is 26.3 Å². The van der Waals surface area contributed by atoms with Gasteiger partial charge in [-0.25, -0.2) is 13.8 Å². The molecule has 3 aromatic heterocycles. The highest BCUT2D eigenvalue weighted by atomic mass is 19.1. The third-order valence-corrected chi connectivity index (χ3v) is 5.42. The second-order valence-corrected chi connectivity index (χ2v) is 7.28. The van der Waals surface area contributed by atoms with E-state index in [1.54, 1.807) is 16.5 Å². The van der Waals surface area contributed by atoms with Crippen LogP contribution in [-0.2, 0) is 0 Å². The van der Waals surface area contributed by atoms with Crippen LogP contribution in [-0.4, -0.2) is 24.1 Å². The van der Waals surface area contributed by atoms with Crippen molar-refractivity contribution < 1.29 is 13.3 Å². The summed E-state index contributed by atoms with van der Waals surface area (Å²) in [6, 6.07) is 10.0. The highest BCUT2D eigenvalue weighted by Gasteiger charge is 2.23. The summed E-state index contributed by atoms with van der Waals surface area (Å²) in [7, 11) is 0. The van der Waals surface area contributed by atoms with E-state index < -0.39 is 11.4 Å². The lowest BCUT2D eigenvalue weighted by Crippen LogP contribution is -2.26. The molecule has 0 spiro atoms. The Morgan fingerprint density at radius 3 is 2.61 bits per heavy atom. The topological polar surface area (TPSA) is 78.2 Å². The molecule has 3 heterocycles. The molecule has 0 aliphatic carbocycles. The molecule has 0 saturated heterocycles. The van der Waals surface area contributed by atoms with Gasteiger partial charge in [-0.05, 0) is 49.7 Å². The lowest BCUT2D eigenvalue weighted by Gasteiger charge is -2.18. The maximum absolute atomic E-state index is 14.7. The average molecular weight is 421 g/mol. The number of benzene rings is 2. The molecule has 0 saturated carbocycles. The van der Waals surface area contributed by atoms with Gasteiger partial charge < -0.3 is 4.52 Å². The van der Waals surface area contributed by atoms with E-state index in [2.05, 4.69) is 15.1 Å². The second-order valence-electron chi connectivity index (χ2n) is 7.28. The first kappa shape index (κ1) is 19.1. The Kier molecular flexibility index (Phi) is 4.39. The third kappa shape index (κ3) is 2.92. The Balaban J connectivity index is 1.77. The largest absolute Gasteiger partial charge is 0.334 e. The summed E-state index contributed by atoms with van der Waals surface area (Å²) in [6.45, 7) is 3.79. The second kappa shape index (κ2) is 7.12. The lowest BCUT2D eigenvalue weighted by atomic mass is 10.2. The van der Waals surface area contributed by atoms with Crippen LogP contribution in [0.2, 0.25) is 0 Å². The molecular formula is C22H17F2N5O2. The van der Waals surface area contributed by atoms with Gasteiger partial charge in [0.15, 0.2) is 0 Å². The van der Waals surface area contributed by atoms with Gasteiger partial charge in [0.2, 0.25) is 5.82 Å². The highest BCUT2D eigenvalue weighted by molar-refractivity contribution is 5.84. The van der Waals surface area contributed by atoms with Crippen LogP contribution < -0.4 is 5.56 Å². The summed E-state index contributed by atoms with van der Waals surface area (Å²) in [4.78, 5) is 22.1. The van der Waals surface area contributed by atoms with Crippen molar-refractivity contribution in [2.24, 2.45) is 0 Å². The Morgan fingerprint density at radius 1 is 1.10 bits per heavy atom. The number of rotatable bonds is 4. The van der Waals surface area contributed by atoms with E-state index >= 15 is 0 Å². The molecule has 0 amide bonds. The smallest absolute Gasteiger partial charge is 0.278 e. The van der Waals surface area contributed by atoms with E-state index in [1.165, 1.54) is 41.2 Å². The van der Waals surface area contributed by atoms with Crippen molar-refractivity contribution in [1.82, 2.24) is 24.1 Å². The van der Waals surface area contributed by atoms with Gasteiger partial charge in [-0.2, -0.15) is 4.98 Å². The highest BCUT2D eigenvalue weighted by Crippen LogP contribution is 2.27. The van der Waals surface area contributed by atoms with Crippen molar-refractivity contribution in [2.45, 2.75) is 26.3 Å². The quantitative estimate of drug-likeness (QED) is 0.423. The fourth-order valence-electron chi connectivity index (χ4n) is 3.68. The molecule has 9 heteroatoms. The van der Waals surface area contributed by atoms with Gasteiger partial charge in [0.1, 0.15) is 34.7 Å². The van der Waals surface area contributed by atoms with Gasteiger partial charge in [0.25, 0.3) is 11.4 Å². The van der Waals surface area contributed by atoms with Crippen LogP contribution in [0, 0.1) is 11.6 Å². The number of hydrogen-bond donors (Lipinski definition) is 0. The third-order valence-electron chi connectivity index (χ3n) is 5.42. The number of nitrogens with zero attached hydrogens (tertiary/aromatic N) is 5. The SMILES string of the molecule is CCC(C)n1c(=O)c2c(-c3noc(-c4ccc(F)cc4)n3)ncn2c2cccc(F)c21. The van der Waals surface area contributed by atoms with Crippen LogP contribution in [0.25, 0.3) is 39.5 Å². The van der Waals surface area contributed by atoms with Crippen molar-refractivity contribution in [2.75, 3.05) is 0 Å². The predicted molar refractivity (Wildman–Crippen MR) is 111 cm³/mol. The van der Waals surface area contributed by atoms with Crippen LogP contribution in [0.5, 0.6) is 0 Å². The normalized spacial score (nSPS) is 12.6. The van der Waals surface area contributed by atoms with E-state index in [1.807, 2.05) is 13.8 Å². The van der Waals surface area contributed by atoms with E-state index in [9.17, 15) is 13.6 Å². The fraction of sp³-hybridized carbons (Fsp3) is 0.182. The minimum Gasteiger partial charge on any atom is -0.334 e. The molecule has 31 heavy (non-hydrogen) atoms. The van der Waals surface area contributed by atoms with Gasteiger partial charge in [-0.15, -0.1) is 0 Å². The molecule has 5 rings (SSSR count). The molecule has 0 radical (unpaired) electrons. The Morgan fingerprint density at radius 2 is 1.87 bits per heavy atom. The molecule has 0 N–H and O–H groups in total. The first-order chi connectivity index (χ1) is 15.0. The minimum absolute atomic E-state index is 0.116. The van der Waals surface area contributed by atoms with Crippen LogP contribution in [0.4, 0.5) is 8.78 Å². The van der Waals surface area contributed by atoms with E-state index in [0.29, 0.717) is 17.5 Å². The van der Waals surface area contributed by atoms with Crippen molar-refractivity contribution >= 4 is 16.6 Å². The Hall–Kier alpha value is -3.88. The number of halogens is 2. The van der Waals surface area contributed by atoms with E-state index in [-0.39, 0.29) is 40.3 Å². The zero-order chi connectivity index (χ0) is 21.7. The van der Waals surface area contributed by atoms with Crippen LogP contribution in [0.3, 0.4) is 0 Å². The van der Waals surface area contributed by atoms with Gasteiger partial charge in [0, 0.05) is 11.6 Å². The monoisotopic (exact) mass is 421 g/mol. The zero-order valence-electron chi connectivity index (χ0n) is 16.7. The van der Waals surface area contributed by atoms with Gasteiger partial charge in [-0.3, -0.25) is 13.8 Å². The Labute approximate surface area is 174 Å². The molecule has 0 aliphatic heterocycles. The van der Waals surface area contributed by atoms with Crippen molar-refractivity contribution in [1.29, 1.82) is 0 Å². The summed E-state index contributed by atoms with van der Waals surface area (Å²) in [6.07, 6.45) is 2.09. The zero-order valence-corrected chi connectivity index (χ0v) is 16.7. The summed E-state index contributed by atoms with van der Waals surface area (Å²) in [5.41, 5.74) is 1.32. The van der Waals surface area contributed by atoms with E-state index in [4.69, 9.17) is 4.52 Å². The fourth-order valence-corrected chi connectivity index (χ4v) is 3.68. The number of para-hydroxylation sites is 1. The molecule has 0 fully saturated rings. The predicted octanol–water partition coefficient (Wildman–Crippen LogP) is 4.62. The van der Waals surface area contributed by atoms with Crippen LogP contribution in [0.15, 0.2) is 58.1 Å². The first-order valence-corrected chi connectivity index (χ1v) is 9.79. The summed E-state index contributed by atoms with van der Waals surface area (Å²) < 4.78 is 36.2.